The van der Waals surface area contributed by atoms with E-state index >= 15 is 0 Å². The van der Waals surface area contributed by atoms with Crippen LogP contribution in [0.3, 0.4) is 0 Å². The predicted octanol–water partition coefficient (Wildman–Crippen LogP) is 2.42. The first-order chi connectivity index (χ1) is 9.79. The number of rotatable bonds is 4. The van der Waals surface area contributed by atoms with E-state index in [-0.39, 0.29) is 5.78 Å². The van der Waals surface area contributed by atoms with Crippen molar-refractivity contribution in [2.75, 3.05) is 5.75 Å². The standard InChI is InChI=1S/C14H15N3O2S/c1-2-7-17-10(8-15-16-17)14(18)12-9-20-13-6-4-3-5-11(13)19-12/h3-6,8,12H,2,7,9H2,1H3. The Labute approximate surface area is 121 Å². The molecule has 0 spiro atoms. The summed E-state index contributed by atoms with van der Waals surface area (Å²) >= 11 is 1.65. The number of benzene rings is 1. The zero-order chi connectivity index (χ0) is 13.9. The number of hydrogen-bond acceptors (Lipinski definition) is 5. The molecule has 0 aliphatic carbocycles. The first-order valence-corrected chi connectivity index (χ1v) is 7.59. The molecule has 3 rings (SSSR count). The topological polar surface area (TPSA) is 57.0 Å². The van der Waals surface area contributed by atoms with E-state index in [2.05, 4.69) is 10.3 Å². The molecule has 0 radical (unpaired) electrons. The van der Waals surface area contributed by atoms with Crippen molar-refractivity contribution in [3.63, 3.8) is 0 Å². The Balaban J connectivity index is 1.80. The van der Waals surface area contributed by atoms with Crippen LogP contribution in [0.25, 0.3) is 0 Å². The summed E-state index contributed by atoms with van der Waals surface area (Å²) in [5.41, 5.74) is 0.525. The molecule has 2 aromatic rings. The summed E-state index contributed by atoms with van der Waals surface area (Å²) < 4.78 is 7.46. The summed E-state index contributed by atoms with van der Waals surface area (Å²) in [4.78, 5) is 13.6. The number of carbonyl (C=O) groups excluding carboxylic acids is 1. The van der Waals surface area contributed by atoms with Crippen LogP contribution in [0.15, 0.2) is 35.4 Å². The van der Waals surface area contributed by atoms with Gasteiger partial charge in [-0.1, -0.05) is 24.3 Å². The second-order valence-electron chi connectivity index (χ2n) is 4.57. The Morgan fingerprint density at radius 1 is 1.50 bits per heavy atom. The SMILES string of the molecule is CCCn1nncc1C(=O)C1CSc2ccccc2O1. The molecule has 0 N–H and O–H groups in total. The highest BCUT2D eigenvalue weighted by Crippen LogP contribution is 2.35. The lowest BCUT2D eigenvalue weighted by atomic mass is 10.2. The molecule has 20 heavy (non-hydrogen) atoms. The molecule has 1 aromatic heterocycles. The monoisotopic (exact) mass is 289 g/mol. The molecular weight excluding hydrogens is 274 g/mol. The van der Waals surface area contributed by atoms with Gasteiger partial charge in [0.05, 0.1) is 6.20 Å². The molecule has 104 valence electrons. The summed E-state index contributed by atoms with van der Waals surface area (Å²) in [6, 6.07) is 7.78. The van der Waals surface area contributed by atoms with Crippen LogP contribution in [-0.2, 0) is 6.54 Å². The molecule has 1 aliphatic heterocycles. The molecule has 0 amide bonds. The molecule has 1 aromatic carbocycles. The maximum atomic E-state index is 12.5. The van der Waals surface area contributed by atoms with Gasteiger partial charge >= 0.3 is 0 Å². The number of thioether (sulfide) groups is 1. The molecule has 2 heterocycles. The van der Waals surface area contributed by atoms with Crippen molar-refractivity contribution in [2.24, 2.45) is 0 Å². The van der Waals surface area contributed by atoms with Crippen molar-refractivity contribution in [1.82, 2.24) is 15.0 Å². The number of aromatic nitrogens is 3. The Hall–Kier alpha value is -1.82. The Kier molecular flexibility index (Phi) is 3.73. The van der Waals surface area contributed by atoms with Gasteiger partial charge in [-0.2, -0.15) is 0 Å². The molecule has 1 unspecified atom stereocenters. The van der Waals surface area contributed by atoms with Gasteiger partial charge in [0.25, 0.3) is 0 Å². The average Bonchev–Trinajstić information content (AvgIpc) is 2.94. The number of Topliss-reactive ketones (excluding diaryl/α,β-unsaturated/α-hetero) is 1. The minimum Gasteiger partial charge on any atom is -0.480 e. The lowest BCUT2D eigenvalue weighted by molar-refractivity contribution is 0.0803. The van der Waals surface area contributed by atoms with E-state index in [0.717, 1.165) is 17.1 Å². The van der Waals surface area contributed by atoms with Crippen LogP contribution >= 0.6 is 11.8 Å². The van der Waals surface area contributed by atoms with E-state index in [9.17, 15) is 4.79 Å². The van der Waals surface area contributed by atoms with Crippen LogP contribution in [0, 0.1) is 0 Å². The lowest BCUT2D eigenvalue weighted by Crippen LogP contribution is -2.33. The number of nitrogens with zero attached hydrogens (tertiary/aromatic N) is 3. The molecule has 1 aliphatic rings. The quantitative estimate of drug-likeness (QED) is 0.809. The highest BCUT2D eigenvalue weighted by Gasteiger charge is 2.29. The van der Waals surface area contributed by atoms with Crippen LogP contribution < -0.4 is 4.74 Å². The van der Waals surface area contributed by atoms with Crippen LogP contribution in [0.2, 0.25) is 0 Å². The molecule has 1 atom stereocenters. The number of carbonyl (C=O) groups is 1. The fourth-order valence-corrected chi connectivity index (χ4v) is 3.12. The van der Waals surface area contributed by atoms with Crippen molar-refractivity contribution < 1.29 is 9.53 Å². The van der Waals surface area contributed by atoms with Crippen LogP contribution in [0.1, 0.15) is 23.8 Å². The van der Waals surface area contributed by atoms with E-state index in [1.54, 1.807) is 16.4 Å². The van der Waals surface area contributed by atoms with Gasteiger partial charge in [0.1, 0.15) is 11.4 Å². The summed E-state index contributed by atoms with van der Waals surface area (Å²) in [5.74, 6) is 1.34. The van der Waals surface area contributed by atoms with E-state index in [0.29, 0.717) is 18.0 Å². The normalized spacial score (nSPS) is 17.4. The van der Waals surface area contributed by atoms with Gasteiger partial charge < -0.3 is 4.74 Å². The lowest BCUT2D eigenvalue weighted by Gasteiger charge is -2.24. The molecule has 0 saturated heterocycles. The van der Waals surface area contributed by atoms with Crippen molar-refractivity contribution in [1.29, 1.82) is 0 Å². The maximum absolute atomic E-state index is 12.5. The van der Waals surface area contributed by atoms with Crippen LogP contribution in [0.4, 0.5) is 0 Å². The average molecular weight is 289 g/mol. The second-order valence-corrected chi connectivity index (χ2v) is 5.63. The van der Waals surface area contributed by atoms with Crippen LogP contribution in [-0.4, -0.2) is 32.6 Å². The van der Waals surface area contributed by atoms with Gasteiger partial charge in [-0.25, -0.2) is 4.68 Å². The number of fused-ring (bicyclic) bond motifs is 1. The fraction of sp³-hybridized carbons (Fsp3) is 0.357. The zero-order valence-corrected chi connectivity index (χ0v) is 12.0. The van der Waals surface area contributed by atoms with Gasteiger partial charge in [0.15, 0.2) is 6.10 Å². The summed E-state index contributed by atoms with van der Waals surface area (Å²) in [6.45, 7) is 2.73. The second kappa shape index (κ2) is 5.66. The van der Waals surface area contributed by atoms with Crippen molar-refractivity contribution in [3.8, 4) is 5.75 Å². The van der Waals surface area contributed by atoms with Crippen molar-refractivity contribution >= 4 is 17.5 Å². The number of para-hydroxylation sites is 1. The van der Waals surface area contributed by atoms with E-state index in [1.807, 2.05) is 31.2 Å². The molecule has 0 bridgehead atoms. The first-order valence-electron chi connectivity index (χ1n) is 6.60. The van der Waals surface area contributed by atoms with Gasteiger partial charge in [-0.3, -0.25) is 4.79 Å². The summed E-state index contributed by atoms with van der Waals surface area (Å²) in [7, 11) is 0. The van der Waals surface area contributed by atoms with Crippen molar-refractivity contribution in [3.05, 3.63) is 36.2 Å². The molecule has 0 fully saturated rings. The van der Waals surface area contributed by atoms with Crippen LogP contribution in [0.5, 0.6) is 5.75 Å². The van der Waals surface area contributed by atoms with Gasteiger partial charge in [-0.15, -0.1) is 16.9 Å². The number of hydrogen-bond donors (Lipinski definition) is 0. The van der Waals surface area contributed by atoms with Gasteiger partial charge in [-0.05, 0) is 18.6 Å². The summed E-state index contributed by atoms with van der Waals surface area (Å²) in [6.07, 6.45) is 1.96. The third-order valence-electron chi connectivity index (χ3n) is 3.11. The minimum atomic E-state index is -0.469. The maximum Gasteiger partial charge on any atom is 0.223 e. The smallest absolute Gasteiger partial charge is 0.223 e. The fourth-order valence-electron chi connectivity index (χ4n) is 2.14. The Morgan fingerprint density at radius 2 is 2.35 bits per heavy atom. The highest BCUT2D eigenvalue weighted by molar-refractivity contribution is 7.99. The Morgan fingerprint density at radius 3 is 3.20 bits per heavy atom. The molecule has 0 saturated carbocycles. The van der Waals surface area contributed by atoms with E-state index in [4.69, 9.17) is 4.74 Å². The zero-order valence-electron chi connectivity index (χ0n) is 11.2. The van der Waals surface area contributed by atoms with Gasteiger partial charge in [0, 0.05) is 17.2 Å². The largest absolute Gasteiger partial charge is 0.480 e. The molecule has 6 heteroatoms. The third kappa shape index (κ3) is 2.43. The summed E-state index contributed by atoms with van der Waals surface area (Å²) in [5, 5.41) is 7.78. The highest BCUT2D eigenvalue weighted by atomic mass is 32.2. The Bertz CT molecular complexity index is 626. The first kappa shape index (κ1) is 13.2. The predicted molar refractivity (Wildman–Crippen MR) is 76.2 cm³/mol. The third-order valence-corrected chi connectivity index (χ3v) is 4.22. The molecular formula is C14H15N3O2S. The number of aryl methyl sites for hydroxylation is 1. The van der Waals surface area contributed by atoms with Crippen molar-refractivity contribution in [2.45, 2.75) is 30.9 Å². The number of ether oxygens (including phenoxy) is 1. The minimum absolute atomic E-state index is 0.0505. The van der Waals surface area contributed by atoms with E-state index in [1.165, 1.54) is 6.20 Å². The van der Waals surface area contributed by atoms with Gasteiger partial charge in [0.2, 0.25) is 5.78 Å². The molecule has 5 nitrogen and oxygen atoms in total. The van der Waals surface area contributed by atoms with E-state index < -0.39 is 6.10 Å². The number of ketones is 1.